The number of nitrogens with one attached hydrogen (secondary N) is 3. The maximum atomic E-state index is 13.7. The standard InChI is InChI=1S/C32H37N5O7/c1-19-16-29(40)44-26-18-22(11-12-23(19)26)34-31(42)24(10-6-7-15-33)35-32(43)25(17-21-8-4-3-5-9-21)36-30(41)20(2)37-27(38)13-14-28(37)39/h3-5,8-9,11-12,16,18,20,24-25H,6-7,10,13-15,17,33H2,1-2H3,(H,34,42)(H,35,43)(H,36,41). The molecule has 1 aliphatic rings. The van der Waals surface area contributed by atoms with Crippen LogP contribution in [-0.4, -0.2) is 59.1 Å². The van der Waals surface area contributed by atoms with Gasteiger partial charge >= 0.3 is 5.63 Å². The van der Waals surface area contributed by atoms with Crippen LogP contribution in [0, 0.1) is 6.92 Å². The molecule has 0 aliphatic carbocycles. The molecule has 12 nitrogen and oxygen atoms in total. The Balaban J connectivity index is 1.53. The molecule has 3 atom stereocenters. The van der Waals surface area contributed by atoms with Gasteiger partial charge in [0, 0.05) is 42.5 Å². The lowest BCUT2D eigenvalue weighted by Gasteiger charge is -2.26. The molecule has 5 N–H and O–H groups in total. The molecular weight excluding hydrogens is 566 g/mol. The molecule has 2 aromatic carbocycles. The minimum absolute atomic E-state index is 0.0347. The number of imide groups is 1. The number of nitrogens with two attached hydrogens (primary N) is 1. The van der Waals surface area contributed by atoms with Gasteiger partial charge in [-0.05, 0) is 62.9 Å². The predicted molar refractivity (Wildman–Crippen MR) is 163 cm³/mol. The zero-order valence-electron chi connectivity index (χ0n) is 24.8. The molecule has 0 bridgehead atoms. The van der Waals surface area contributed by atoms with E-state index in [4.69, 9.17) is 10.2 Å². The second-order valence-corrected chi connectivity index (χ2v) is 10.9. The summed E-state index contributed by atoms with van der Waals surface area (Å²) in [5.74, 6) is -2.66. The molecule has 12 heteroatoms. The number of benzene rings is 2. The van der Waals surface area contributed by atoms with Gasteiger partial charge in [0.1, 0.15) is 23.7 Å². The van der Waals surface area contributed by atoms with Gasteiger partial charge in [-0.15, -0.1) is 0 Å². The fraction of sp³-hybridized carbons (Fsp3) is 0.375. The number of rotatable bonds is 13. The first-order chi connectivity index (χ1) is 21.1. The van der Waals surface area contributed by atoms with Gasteiger partial charge in [0.05, 0.1) is 0 Å². The van der Waals surface area contributed by atoms with Crippen LogP contribution in [-0.2, 0) is 30.4 Å². The Hall–Kier alpha value is -4.84. The van der Waals surface area contributed by atoms with Crippen molar-refractivity contribution in [3.8, 4) is 0 Å². The lowest BCUT2D eigenvalue weighted by atomic mass is 10.0. The van der Waals surface area contributed by atoms with Crippen LogP contribution < -0.4 is 27.3 Å². The summed E-state index contributed by atoms with van der Waals surface area (Å²) >= 11 is 0. The fourth-order valence-electron chi connectivity index (χ4n) is 5.16. The molecule has 3 unspecified atom stereocenters. The van der Waals surface area contributed by atoms with Crippen molar-refractivity contribution in [3.05, 3.63) is 76.1 Å². The largest absolute Gasteiger partial charge is 0.423 e. The molecular formula is C32H37N5O7. The van der Waals surface area contributed by atoms with Crippen LogP contribution in [0.1, 0.15) is 50.2 Å². The number of anilines is 1. The maximum Gasteiger partial charge on any atom is 0.336 e. The van der Waals surface area contributed by atoms with Gasteiger partial charge in [0.15, 0.2) is 0 Å². The highest BCUT2D eigenvalue weighted by atomic mass is 16.4. The molecule has 0 radical (unpaired) electrons. The summed E-state index contributed by atoms with van der Waals surface area (Å²) in [6.07, 6.45) is 1.62. The zero-order chi connectivity index (χ0) is 31.8. The Labute approximate surface area is 254 Å². The molecule has 1 fully saturated rings. The minimum Gasteiger partial charge on any atom is -0.423 e. The summed E-state index contributed by atoms with van der Waals surface area (Å²) in [5.41, 5.74) is 7.32. The van der Waals surface area contributed by atoms with Crippen molar-refractivity contribution in [2.24, 2.45) is 5.73 Å². The van der Waals surface area contributed by atoms with Gasteiger partial charge in [-0.1, -0.05) is 30.3 Å². The van der Waals surface area contributed by atoms with E-state index in [1.165, 1.54) is 13.0 Å². The fourth-order valence-corrected chi connectivity index (χ4v) is 5.16. The van der Waals surface area contributed by atoms with Crippen molar-refractivity contribution >= 4 is 46.2 Å². The predicted octanol–water partition coefficient (Wildman–Crippen LogP) is 1.92. The van der Waals surface area contributed by atoms with Crippen LogP contribution in [0.2, 0.25) is 0 Å². The Bertz CT molecular complexity index is 1590. The number of carbonyl (C=O) groups is 5. The Morgan fingerprint density at radius 2 is 1.57 bits per heavy atom. The summed E-state index contributed by atoms with van der Waals surface area (Å²) in [7, 11) is 0. The van der Waals surface area contributed by atoms with E-state index in [0.29, 0.717) is 30.7 Å². The summed E-state index contributed by atoms with van der Waals surface area (Å²) < 4.78 is 5.29. The van der Waals surface area contributed by atoms with E-state index in [0.717, 1.165) is 21.4 Å². The lowest BCUT2D eigenvalue weighted by molar-refractivity contribution is -0.146. The molecule has 0 spiro atoms. The van der Waals surface area contributed by atoms with Crippen LogP contribution >= 0.6 is 0 Å². The highest BCUT2D eigenvalue weighted by molar-refractivity contribution is 6.06. The normalized spacial score (nSPS) is 15.1. The monoisotopic (exact) mass is 603 g/mol. The molecule has 4 rings (SSSR count). The smallest absolute Gasteiger partial charge is 0.336 e. The molecule has 232 valence electrons. The SMILES string of the molecule is Cc1cc(=O)oc2cc(NC(=O)C(CCCCN)NC(=O)C(Cc3ccccc3)NC(=O)C(C)N3C(=O)CCC3=O)ccc12. The topological polar surface area (TPSA) is 181 Å². The van der Waals surface area contributed by atoms with Crippen LogP contribution in [0.25, 0.3) is 11.0 Å². The molecule has 2 heterocycles. The van der Waals surface area contributed by atoms with Gasteiger partial charge in [-0.25, -0.2) is 4.79 Å². The van der Waals surface area contributed by atoms with Crippen molar-refractivity contribution in [2.75, 3.05) is 11.9 Å². The summed E-state index contributed by atoms with van der Waals surface area (Å²) in [6, 6.07) is 12.1. The van der Waals surface area contributed by atoms with Gasteiger partial charge < -0.3 is 26.1 Å². The van der Waals surface area contributed by atoms with E-state index in [9.17, 15) is 28.8 Å². The van der Waals surface area contributed by atoms with Crippen molar-refractivity contribution in [2.45, 2.75) is 70.5 Å². The molecule has 3 aromatic rings. The van der Waals surface area contributed by atoms with E-state index in [1.54, 1.807) is 49.4 Å². The number of fused-ring (bicyclic) bond motifs is 1. The Morgan fingerprint density at radius 3 is 2.25 bits per heavy atom. The first-order valence-corrected chi connectivity index (χ1v) is 14.6. The van der Waals surface area contributed by atoms with Gasteiger partial charge in [-0.3, -0.25) is 28.9 Å². The first kappa shape index (κ1) is 32.1. The molecule has 1 aromatic heterocycles. The zero-order valence-corrected chi connectivity index (χ0v) is 24.8. The van der Waals surface area contributed by atoms with Crippen LogP contribution in [0.3, 0.4) is 0 Å². The molecule has 44 heavy (non-hydrogen) atoms. The highest BCUT2D eigenvalue weighted by Crippen LogP contribution is 2.21. The quantitative estimate of drug-likeness (QED) is 0.130. The number of hydrogen-bond donors (Lipinski definition) is 4. The van der Waals surface area contributed by atoms with Crippen molar-refractivity contribution < 1.29 is 28.4 Å². The third-order valence-corrected chi connectivity index (χ3v) is 7.57. The molecule has 1 aliphatic heterocycles. The molecule has 5 amide bonds. The number of carbonyl (C=O) groups excluding carboxylic acids is 5. The molecule has 1 saturated heterocycles. The minimum atomic E-state index is -1.11. The number of aryl methyl sites for hydroxylation is 1. The van der Waals surface area contributed by atoms with Crippen molar-refractivity contribution in [1.29, 1.82) is 0 Å². The van der Waals surface area contributed by atoms with E-state index in [2.05, 4.69) is 16.0 Å². The second kappa shape index (κ2) is 14.6. The summed E-state index contributed by atoms with van der Waals surface area (Å²) in [5, 5.41) is 8.97. The average molecular weight is 604 g/mol. The number of hydrogen-bond acceptors (Lipinski definition) is 8. The summed E-state index contributed by atoms with van der Waals surface area (Å²) in [6.45, 7) is 3.63. The maximum absolute atomic E-state index is 13.7. The molecule has 0 saturated carbocycles. The van der Waals surface area contributed by atoms with E-state index < -0.39 is 53.3 Å². The third-order valence-electron chi connectivity index (χ3n) is 7.57. The Kier molecular flexibility index (Phi) is 10.6. The Morgan fingerprint density at radius 1 is 0.886 bits per heavy atom. The van der Waals surface area contributed by atoms with Crippen LogP contribution in [0.4, 0.5) is 5.69 Å². The number of unbranched alkanes of at least 4 members (excludes halogenated alkanes) is 1. The van der Waals surface area contributed by atoms with Gasteiger partial charge in [-0.2, -0.15) is 0 Å². The highest BCUT2D eigenvalue weighted by Gasteiger charge is 2.37. The second-order valence-electron chi connectivity index (χ2n) is 10.9. The van der Waals surface area contributed by atoms with Gasteiger partial charge in [0.2, 0.25) is 29.5 Å². The number of nitrogens with zero attached hydrogens (tertiary/aromatic N) is 1. The summed E-state index contributed by atoms with van der Waals surface area (Å²) in [4.78, 5) is 77.5. The van der Waals surface area contributed by atoms with E-state index >= 15 is 0 Å². The third kappa shape index (κ3) is 7.95. The van der Waals surface area contributed by atoms with E-state index in [1.807, 2.05) is 6.07 Å². The number of amides is 5. The van der Waals surface area contributed by atoms with Crippen LogP contribution in [0.15, 0.2) is 63.8 Å². The van der Waals surface area contributed by atoms with Crippen molar-refractivity contribution in [3.63, 3.8) is 0 Å². The average Bonchev–Trinajstić information content (AvgIpc) is 3.33. The first-order valence-electron chi connectivity index (χ1n) is 14.6. The van der Waals surface area contributed by atoms with Crippen LogP contribution in [0.5, 0.6) is 0 Å². The van der Waals surface area contributed by atoms with Crippen molar-refractivity contribution in [1.82, 2.24) is 15.5 Å². The van der Waals surface area contributed by atoms with Gasteiger partial charge in [0.25, 0.3) is 0 Å². The lowest BCUT2D eigenvalue weighted by Crippen LogP contribution is -2.56. The number of likely N-dealkylation sites (tertiary alicyclic amines) is 1. The van der Waals surface area contributed by atoms with E-state index in [-0.39, 0.29) is 25.7 Å².